The Morgan fingerprint density at radius 1 is 1.09 bits per heavy atom. The van der Waals surface area contributed by atoms with Crippen LogP contribution < -0.4 is 15.5 Å². The molecule has 9 heteroatoms. The third kappa shape index (κ3) is 5.49. The van der Waals surface area contributed by atoms with Gasteiger partial charge < -0.3 is 30.5 Å². The van der Waals surface area contributed by atoms with Crippen LogP contribution in [-0.2, 0) is 16.1 Å². The first-order valence-electron chi connectivity index (χ1n) is 11.8. The van der Waals surface area contributed by atoms with Crippen LogP contribution in [0.25, 0.3) is 22.6 Å². The molecule has 35 heavy (non-hydrogen) atoms. The quantitative estimate of drug-likeness (QED) is 0.426. The number of aliphatic hydroxyl groups excluding tert-OH is 2. The zero-order chi connectivity index (χ0) is 24.2. The lowest BCUT2D eigenvalue weighted by molar-refractivity contribution is -0.117. The molecule has 9 nitrogen and oxygen atoms in total. The van der Waals surface area contributed by atoms with Crippen molar-refractivity contribution in [2.45, 2.75) is 25.2 Å². The zero-order valence-corrected chi connectivity index (χ0v) is 19.4. The van der Waals surface area contributed by atoms with Gasteiger partial charge in [0, 0.05) is 42.5 Å². The van der Waals surface area contributed by atoms with Gasteiger partial charge in [0.05, 0.1) is 37.7 Å². The van der Waals surface area contributed by atoms with Gasteiger partial charge in [-0.1, -0.05) is 30.3 Å². The predicted molar refractivity (Wildman–Crippen MR) is 133 cm³/mol. The minimum absolute atomic E-state index is 0.0492. The van der Waals surface area contributed by atoms with Crippen molar-refractivity contribution in [1.82, 2.24) is 15.3 Å². The van der Waals surface area contributed by atoms with Gasteiger partial charge in [0.15, 0.2) is 5.82 Å². The Hall–Kier alpha value is -3.37. The van der Waals surface area contributed by atoms with Crippen molar-refractivity contribution in [3.8, 4) is 22.6 Å². The lowest BCUT2D eigenvalue weighted by Crippen LogP contribution is -2.36. The first-order chi connectivity index (χ1) is 17.1. The number of β-amino-alcohol motifs (C(OH)–C–C–N with tert-alkyl or cyclic N) is 1. The summed E-state index contributed by atoms with van der Waals surface area (Å²) in [6, 6.07) is 16.7. The number of aromatic nitrogens is 2. The molecule has 2 atom stereocenters. The first-order valence-corrected chi connectivity index (χ1v) is 11.8. The maximum Gasteiger partial charge on any atom is 0.241 e. The highest BCUT2D eigenvalue weighted by molar-refractivity contribution is 5.95. The molecule has 1 amide bonds. The van der Waals surface area contributed by atoms with Gasteiger partial charge >= 0.3 is 0 Å². The van der Waals surface area contributed by atoms with Crippen molar-refractivity contribution in [3.05, 3.63) is 60.2 Å². The van der Waals surface area contributed by atoms with Crippen LogP contribution in [0, 0.1) is 0 Å². The number of ether oxygens (including phenoxy) is 1. The van der Waals surface area contributed by atoms with Gasteiger partial charge in [-0.05, 0) is 30.2 Å². The number of benzene rings is 2. The Balaban J connectivity index is 1.43. The third-order valence-electron chi connectivity index (χ3n) is 6.29. The van der Waals surface area contributed by atoms with Gasteiger partial charge in [-0.15, -0.1) is 0 Å². The average Bonchev–Trinajstić information content (AvgIpc) is 3.36. The summed E-state index contributed by atoms with van der Waals surface area (Å²) in [6.45, 7) is 3.18. The van der Waals surface area contributed by atoms with E-state index < -0.39 is 6.10 Å². The van der Waals surface area contributed by atoms with Crippen LogP contribution in [0.1, 0.15) is 12.0 Å². The fourth-order valence-corrected chi connectivity index (χ4v) is 4.35. The number of anilines is 2. The monoisotopic (exact) mass is 475 g/mol. The van der Waals surface area contributed by atoms with E-state index in [1.807, 2.05) is 54.6 Å². The standard InChI is InChI=1S/C26H29N5O4/c32-16-17-2-1-3-19(12-17)25-29-22(14-24(30-25)31-8-10-35-11-9-31)18-4-6-20(7-5-18)28-26(34)23-13-21(33)15-27-23/h1-7,12,14,21,23,27,32-33H,8-11,13,15-16H2,(H,28,34)/t21-,23-/m1/s1. The SMILES string of the molecule is O=C(Nc1ccc(-c2cc(N3CCOCC3)nc(-c3cccc(CO)c3)n2)cc1)[C@H]1C[C@@H](O)CN1. The molecule has 4 N–H and O–H groups in total. The highest BCUT2D eigenvalue weighted by Gasteiger charge is 2.28. The van der Waals surface area contributed by atoms with Crippen molar-refractivity contribution in [1.29, 1.82) is 0 Å². The average molecular weight is 476 g/mol. The molecule has 3 heterocycles. The molecule has 1 aromatic heterocycles. The molecule has 2 aliphatic heterocycles. The Morgan fingerprint density at radius 2 is 1.89 bits per heavy atom. The summed E-state index contributed by atoms with van der Waals surface area (Å²) in [7, 11) is 0. The zero-order valence-electron chi connectivity index (χ0n) is 19.4. The second kappa shape index (κ2) is 10.5. The second-order valence-electron chi connectivity index (χ2n) is 8.81. The lowest BCUT2D eigenvalue weighted by Gasteiger charge is -2.28. The number of morpholine rings is 1. The summed E-state index contributed by atoms with van der Waals surface area (Å²) >= 11 is 0. The molecule has 0 bridgehead atoms. The number of nitrogens with one attached hydrogen (secondary N) is 2. The molecule has 2 fully saturated rings. The second-order valence-corrected chi connectivity index (χ2v) is 8.81. The predicted octanol–water partition coefficient (Wildman–Crippen LogP) is 1.80. The van der Waals surface area contributed by atoms with Crippen LogP contribution in [0.5, 0.6) is 0 Å². The molecule has 5 rings (SSSR count). The fourth-order valence-electron chi connectivity index (χ4n) is 4.35. The van der Waals surface area contributed by atoms with Crippen molar-refractivity contribution < 1.29 is 19.7 Å². The van der Waals surface area contributed by atoms with Crippen molar-refractivity contribution in [3.63, 3.8) is 0 Å². The van der Waals surface area contributed by atoms with E-state index in [-0.39, 0.29) is 18.6 Å². The summed E-state index contributed by atoms with van der Waals surface area (Å²) in [5, 5.41) is 25.1. The molecule has 0 unspecified atom stereocenters. The number of carbonyl (C=O) groups is 1. The number of aliphatic hydroxyl groups is 2. The van der Waals surface area contributed by atoms with E-state index in [2.05, 4.69) is 15.5 Å². The molecular formula is C26H29N5O4. The molecule has 3 aromatic rings. The minimum atomic E-state index is -0.487. The summed E-state index contributed by atoms with van der Waals surface area (Å²) in [5.74, 6) is 1.26. The Morgan fingerprint density at radius 3 is 2.60 bits per heavy atom. The number of rotatable bonds is 6. The van der Waals surface area contributed by atoms with E-state index in [4.69, 9.17) is 14.7 Å². The fraction of sp³-hybridized carbons (Fsp3) is 0.346. The third-order valence-corrected chi connectivity index (χ3v) is 6.29. The Kier molecular flexibility index (Phi) is 7.01. The highest BCUT2D eigenvalue weighted by atomic mass is 16.5. The van der Waals surface area contributed by atoms with E-state index in [1.54, 1.807) is 0 Å². The van der Waals surface area contributed by atoms with E-state index in [1.165, 1.54) is 0 Å². The summed E-state index contributed by atoms with van der Waals surface area (Å²) in [5.41, 5.74) is 3.98. The van der Waals surface area contributed by atoms with Gasteiger partial charge in [0.1, 0.15) is 5.82 Å². The van der Waals surface area contributed by atoms with Crippen LogP contribution in [0.4, 0.5) is 11.5 Å². The number of hydrogen-bond donors (Lipinski definition) is 4. The van der Waals surface area contributed by atoms with E-state index in [9.17, 15) is 15.0 Å². The highest BCUT2D eigenvalue weighted by Crippen LogP contribution is 2.28. The number of carbonyl (C=O) groups excluding carboxylic acids is 1. The molecule has 2 saturated heterocycles. The summed E-state index contributed by atoms with van der Waals surface area (Å²) in [4.78, 5) is 24.3. The van der Waals surface area contributed by atoms with Crippen LogP contribution in [0.3, 0.4) is 0 Å². The number of amides is 1. The molecule has 0 radical (unpaired) electrons. The van der Waals surface area contributed by atoms with Crippen LogP contribution in [0.2, 0.25) is 0 Å². The summed E-state index contributed by atoms with van der Waals surface area (Å²) in [6.07, 6.45) is -0.0751. The molecular weight excluding hydrogens is 446 g/mol. The molecule has 0 aliphatic carbocycles. The molecule has 182 valence electrons. The van der Waals surface area contributed by atoms with Gasteiger partial charge in [-0.25, -0.2) is 9.97 Å². The normalized spacial score (nSPS) is 20.1. The van der Waals surface area contributed by atoms with E-state index in [0.29, 0.717) is 37.7 Å². The van der Waals surface area contributed by atoms with Crippen LogP contribution in [-0.4, -0.2) is 71.1 Å². The number of hydrogen-bond acceptors (Lipinski definition) is 8. The van der Waals surface area contributed by atoms with Gasteiger partial charge in [0.2, 0.25) is 5.91 Å². The van der Waals surface area contributed by atoms with Crippen LogP contribution in [0.15, 0.2) is 54.6 Å². The van der Waals surface area contributed by atoms with Crippen molar-refractivity contribution in [2.75, 3.05) is 43.1 Å². The van der Waals surface area contributed by atoms with E-state index >= 15 is 0 Å². The van der Waals surface area contributed by atoms with Crippen molar-refractivity contribution >= 4 is 17.4 Å². The Labute approximate surface area is 203 Å². The molecule has 2 aliphatic rings. The molecule has 0 spiro atoms. The largest absolute Gasteiger partial charge is 0.392 e. The van der Waals surface area contributed by atoms with Gasteiger partial charge in [0.25, 0.3) is 0 Å². The lowest BCUT2D eigenvalue weighted by atomic mass is 10.1. The van der Waals surface area contributed by atoms with Crippen molar-refractivity contribution in [2.24, 2.45) is 0 Å². The molecule has 2 aromatic carbocycles. The van der Waals surface area contributed by atoms with Gasteiger partial charge in [-0.3, -0.25) is 4.79 Å². The van der Waals surface area contributed by atoms with Gasteiger partial charge in [-0.2, -0.15) is 0 Å². The maximum atomic E-state index is 12.4. The number of nitrogens with zero attached hydrogens (tertiary/aromatic N) is 3. The smallest absolute Gasteiger partial charge is 0.241 e. The Bertz CT molecular complexity index is 1180. The molecule has 0 saturated carbocycles. The maximum absolute atomic E-state index is 12.4. The topological polar surface area (TPSA) is 120 Å². The minimum Gasteiger partial charge on any atom is -0.392 e. The van der Waals surface area contributed by atoms with E-state index in [0.717, 1.165) is 41.3 Å². The summed E-state index contributed by atoms with van der Waals surface area (Å²) < 4.78 is 5.50. The first kappa shape index (κ1) is 23.4. The van der Waals surface area contributed by atoms with Crippen LogP contribution >= 0.6 is 0 Å².